The predicted octanol–water partition coefficient (Wildman–Crippen LogP) is 4.58. The summed E-state index contributed by atoms with van der Waals surface area (Å²) in [5.74, 6) is -0.113. The van der Waals surface area contributed by atoms with E-state index in [0.29, 0.717) is 6.04 Å². The molecule has 140 valence electrons. The van der Waals surface area contributed by atoms with Crippen LogP contribution in [0.3, 0.4) is 0 Å². The number of benzene rings is 2. The van der Waals surface area contributed by atoms with Crippen LogP contribution in [0.25, 0.3) is 11.1 Å². The van der Waals surface area contributed by atoms with Gasteiger partial charge in [-0.2, -0.15) is 0 Å². The van der Waals surface area contributed by atoms with Crippen molar-refractivity contribution in [3.05, 3.63) is 59.7 Å². The summed E-state index contributed by atoms with van der Waals surface area (Å²) in [6.07, 6.45) is 6.21. The van der Waals surface area contributed by atoms with E-state index in [4.69, 9.17) is 4.74 Å². The first-order valence-corrected chi connectivity index (χ1v) is 10.2. The molecule has 0 radical (unpaired) electrons. The number of nitrogens with one attached hydrogen (secondary N) is 1. The average molecular weight is 361 g/mol. The molecule has 1 saturated carbocycles. The van der Waals surface area contributed by atoms with Gasteiger partial charge in [-0.05, 0) is 48.9 Å². The number of hydrogen-bond donors (Lipinski definition) is 1. The summed E-state index contributed by atoms with van der Waals surface area (Å²) in [5, 5.41) is 3.91. The SMILES string of the molecule is CC1(C)OC(=O)C2(c3ccccc3-c3ccccc32)C1NC1CCCCC1. The van der Waals surface area contributed by atoms with Gasteiger partial charge in [0, 0.05) is 6.04 Å². The summed E-state index contributed by atoms with van der Waals surface area (Å²) >= 11 is 0. The quantitative estimate of drug-likeness (QED) is 0.796. The van der Waals surface area contributed by atoms with Crippen molar-refractivity contribution in [1.82, 2.24) is 5.32 Å². The molecule has 1 unspecified atom stereocenters. The monoisotopic (exact) mass is 361 g/mol. The van der Waals surface area contributed by atoms with E-state index in [1.807, 2.05) is 12.1 Å². The maximum atomic E-state index is 13.5. The van der Waals surface area contributed by atoms with Gasteiger partial charge in [0.25, 0.3) is 0 Å². The Morgan fingerprint density at radius 2 is 1.44 bits per heavy atom. The fraction of sp³-hybridized carbons (Fsp3) is 0.458. The highest BCUT2D eigenvalue weighted by molar-refractivity contribution is 6.00. The number of hydrogen-bond acceptors (Lipinski definition) is 3. The number of esters is 1. The molecule has 3 heteroatoms. The van der Waals surface area contributed by atoms with E-state index in [-0.39, 0.29) is 12.0 Å². The van der Waals surface area contributed by atoms with Gasteiger partial charge >= 0.3 is 5.97 Å². The van der Waals surface area contributed by atoms with E-state index in [2.05, 4.69) is 55.6 Å². The maximum Gasteiger partial charge on any atom is 0.323 e. The zero-order valence-electron chi connectivity index (χ0n) is 16.1. The zero-order chi connectivity index (χ0) is 18.6. The largest absolute Gasteiger partial charge is 0.457 e. The minimum Gasteiger partial charge on any atom is -0.457 e. The van der Waals surface area contributed by atoms with Gasteiger partial charge in [-0.3, -0.25) is 4.79 Å². The fourth-order valence-electron chi connectivity index (χ4n) is 5.65. The van der Waals surface area contributed by atoms with Crippen LogP contribution in [0, 0.1) is 0 Å². The Morgan fingerprint density at radius 3 is 2.04 bits per heavy atom. The molecule has 0 aromatic heterocycles. The lowest BCUT2D eigenvalue weighted by Gasteiger charge is -2.38. The summed E-state index contributed by atoms with van der Waals surface area (Å²) in [6.45, 7) is 4.12. The Morgan fingerprint density at radius 1 is 0.889 bits per heavy atom. The molecule has 1 N–H and O–H groups in total. The Hall–Kier alpha value is -2.13. The molecule has 3 aliphatic rings. The maximum absolute atomic E-state index is 13.5. The van der Waals surface area contributed by atoms with E-state index in [1.54, 1.807) is 0 Å². The van der Waals surface area contributed by atoms with Crippen LogP contribution in [-0.2, 0) is 14.9 Å². The smallest absolute Gasteiger partial charge is 0.323 e. The van der Waals surface area contributed by atoms with Crippen LogP contribution in [0.15, 0.2) is 48.5 Å². The first-order chi connectivity index (χ1) is 13.0. The van der Waals surface area contributed by atoms with E-state index in [0.717, 1.165) is 22.3 Å². The molecule has 1 heterocycles. The summed E-state index contributed by atoms with van der Waals surface area (Å²) in [4.78, 5) is 13.5. The molecule has 3 nitrogen and oxygen atoms in total. The molecule has 0 bridgehead atoms. The molecule has 2 aromatic rings. The Balaban J connectivity index is 1.71. The van der Waals surface area contributed by atoms with Crippen molar-refractivity contribution in [3.8, 4) is 11.1 Å². The number of fused-ring (bicyclic) bond motifs is 5. The van der Waals surface area contributed by atoms with Gasteiger partial charge in [0.15, 0.2) is 0 Å². The molecule has 2 aromatic carbocycles. The Labute approximate surface area is 161 Å². The van der Waals surface area contributed by atoms with Crippen LogP contribution < -0.4 is 5.32 Å². The van der Waals surface area contributed by atoms with Crippen LogP contribution in [0.5, 0.6) is 0 Å². The van der Waals surface area contributed by atoms with Crippen molar-refractivity contribution < 1.29 is 9.53 Å². The highest BCUT2D eigenvalue weighted by Gasteiger charge is 2.66. The first-order valence-electron chi connectivity index (χ1n) is 10.2. The van der Waals surface area contributed by atoms with Crippen molar-refractivity contribution in [2.24, 2.45) is 0 Å². The fourth-order valence-corrected chi connectivity index (χ4v) is 5.65. The van der Waals surface area contributed by atoms with Gasteiger partial charge in [-0.25, -0.2) is 0 Å². The van der Waals surface area contributed by atoms with Crippen molar-refractivity contribution in [1.29, 1.82) is 0 Å². The Kier molecular flexibility index (Phi) is 3.74. The number of ether oxygens (including phenoxy) is 1. The van der Waals surface area contributed by atoms with Gasteiger partial charge in [0.05, 0.1) is 6.04 Å². The van der Waals surface area contributed by atoms with Crippen molar-refractivity contribution in [2.75, 3.05) is 0 Å². The first kappa shape index (κ1) is 17.0. The van der Waals surface area contributed by atoms with Gasteiger partial charge in [-0.1, -0.05) is 67.8 Å². The second kappa shape index (κ2) is 5.93. The third-order valence-electron chi connectivity index (χ3n) is 6.81. The van der Waals surface area contributed by atoms with Crippen LogP contribution in [0.2, 0.25) is 0 Å². The lowest BCUT2D eigenvalue weighted by Crippen LogP contribution is -2.58. The highest BCUT2D eigenvalue weighted by atomic mass is 16.6. The van der Waals surface area contributed by atoms with Crippen LogP contribution >= 0.6 is 0 Å². The number of carbonyl (C=O) groups is 1. The molecule has 1 atom stereocenters. The predicted molar refractivity (Wildman–Crippen MR) is 107 cm³/mol. The summed E-state index contributed by atoms with van der Waals surface area (Å²) in [7, 11) is 0. The van der Waals surface area contributed by atoms with Gasteiger partial charge in [-0.15, -0.1) is 0 Å². The molecule has 2 aliphatic carbocycles. The lowest BCUT2D eigenvalue weighted by molar-refractivity contribution is -0.148. The van der Waals surface area contributed by atoms with E-state index >= 15 is 0 Å². The average Bonchev–Trinajstić information content (AvgIpc) is 3.08. The normalized spacial score (nSPS) is 25.3. The molecular formula is C24H27NO2. The molecular weight excluding hydrogens is 334 g/mol. The zero-order valence-corrected chi connectivity index (χ0v) is 16.1. The minimum atomic E-state index is -0.756. The van der Waals surface area contributed by atoms with E-state index in [9.17, 15) is 4.79 Å². The molecule has 1 spiro atoms. The van der Waals surface area contributed by atoms with Gasteiger partial charge in [0.1, 0.15) is 11.0 Å². The highest BCUT2D eigenvalue weighted by Crippen LogP contribution is 2.57. The molecule has 1 saturated heterocycles. The topological polar surface area (TPSA) is 38.3 Å². The molecule has 1 aliphatic heterocycles. The number of rotatable bonds is 2. The van der Waals surface area contributed by atoms with E-state index < -0.39 is 11.0 Å². The van der Waals surface area contributed by atoms with Gasteiger partial charge in [0.2, 0.25) is 0 Å². The Bertz CT molecular complexity index is 849. The lowest BCUT2D eigenvalue weighted by atomic mass is 9.69. The van der Waals surface area contributed by atoms with Crippen LogP contribution in [0.4, 0.5) is 0 Å². The third kappa shape index (κ3) is 2.27. The van der Waals surface area contributed by atoms with Gasteiger partial charge < -0.3 is 10.1 Å². The molecule has 0 amide bonds. The van der Waals surface area contributed by atoms with Crippen LogP contribution in [-0.4, -0.2) is 23.7 Å². The van der Waals surface area contributed by atoms with Crippen LogP contribution in [0.1, 0.15) is 57.1 Å². The summed E-state index contributed by atoms with van der Waals surface area (Å²) < 4.78 is 6.05. The number of carbonyl (C=O) groups excluding carboxylic acids is 1. The summed E-state index contributed by atoms with van der Waals surface area (Å²) in [5.41, 5.74) is 3.20. The standard InChI is InChI=1S/C24H27NO2/c1-23(2)21(25-16-10-4-3-5-11-16)24(22(26)27-23)19-14-8-6-12-17(19)18-13-7-9-15-20(18)24/h6-9,12-16,21,25H,3-5,10-11H2,1-2H3. The van der Waals surface area contributed by atoms with E-state index in [1.165, 1.54) is 32.1 Å². The summed E-state index contributed by atoms with van der Waals surface area (Å²) in [6, 6.07) is 17.1. The third-order valence-corrected chi connectivity index (χ3v) is 6.81. The molecule has 2 fully saturated rings. The second-order valence-electron chi connectivity index (χ2n) is 8.83. The second-order valence-corrected chi connectivity index (χ2v) is 8.83. The minimum absolute atomic E-state index is 0.0783. The van der Waals surface area contributed by atoms with Crippen molar-refractivity contribution in [2.45, 2.75) is 69.1 Å². The van der Waals surface area contributed by atoms with Crippen molar-refractivity contribution in [3.63, 3.8) is 0 Å². The number of cyclic esters (lactones) is 1. The van der Waals surface area contributed by atoms with Crippen molar-refractivity contribution >= 4 is 5.97 Å². The molecule has 5 rings (SSSR count). The molecule has 27 heavy (non-hydrogen) atoms.